The average molecular weight is 385 g/mol. The Hall–Kier alpha value is -2.34. The summed E-state index contributed by atoms with van der Waals surface area (Å²) in [6.07, 6.45) is 1.61. The molecule has 2 aromatic rings. The van der Waals surface area contributed by atoms with Crippen molar-refractivity contribution < 1.29 is 4.79 Å². The second-order valence-electron chi connectivity index (χ2n) is 7.46. The Morgan fingerprint density at radius 1 is 1.22 bits per heavy atom. The van der Waals surface area contributed by atoms with Gasteiger partial charge in [-0.1, -0.05) is 32.0 Å². The van der Waals surface area contributed by atoms with Gasteiger partial charge in [0.25, 0.3) is 0 Å². The number of rotatable bonds is 6. The number of amides is 1. The smallest absolute Gasteiger partial charge is 0.227 e. The Balaban J connectivity index is 1.51. The topological polar surface area (TPSA) is 56.7 Å². The van der Waals surface area contributed by atoms with Crippen molar-refractivity contribution in [1.82, 2.24) is 10.6 Å². The minimum absolute atomic E-state index is 0.0513. The second-order valence-corrected chi connectivity index (χ2v) is 8.40. The van der Waals surface area contributed by atoms with E-state index in [1.165, 1.54) is 4.88 Å². The van der Waals surface area contributed by atoms with Gasteiger partial charge < -0.3 is 15.5 Å². The number of thiophene rings is 1. The summed E-state index contributed by atoms with van der Waals surface area (Å²) in [6, 6.07) is 12.4. The molecule has 5 nitrogen and oxygen atoms in total. The molecule has 144 valence electrons. The molecule has 1 aliphatic heterocycles. The first-order chi connectivity index (χ1) is 13.0. The molecule has 6 heteroatoms. The van der Waals surface area contributed by atoms with Crippen LogP contribution in [0.3, 0.4) is 0 Å². The number of anilines is 1. The van der Waals surface area contributed by atoms with Gasteiger partial charge in [-0.05, 0) is 35.6 Å². The molecule has 1 aliphatic rings. The van der Waals surface area contributed by atoms with Crippen LogP contribution in [0.15, 0.2) is 46.8 Å². The van der Waals surface area contributed by atoms with E-state index < -0.39 is 0 Å². The average Bonchev–Trinajstić information content (AvgIpc) is 3.34. The van der Waals surface area contributed by atoms with E-state index in [1.807, 2.05) is 17.0 Å². The molecule has 2 N–H and O–H groups in total. The number of hydrogen-bond acceptors (Lipinski definition) is 3. The number of nitrogens with zero attached hydrogens (tertiary/aromatic N) is 2. The highest BCUT2D eigenvalue weighted by Crippen LogP contribution is 2.26. The van der Waals surface area contributed by atoms with E-state index in [0.29, 0.717) is 13.0 Å². The van der Waals surface area contributed by atoms with Crippen LogP contribution in [0.4, 0.5) is 5.69 Å². The van der Waals surface area contributed by atoms with Crippen molar-refractivity contribution in [1.29, 1.82) is 0 Å². The highest BCUT2D eigenvalue weighted by atomic mass is 32.1. The summed E-state index contributed by atoms with van der Waals surface area (Å²) in [7, 11) is 1.79. The van der Waals surface area contributed by atoms with Gasteiger partial charge in [-0.25, -0.2) is 0 Å². The van der Waals surface area contributed by atoms with Crippen LogP contribution >= 0.6 is 11.3 Å². The third kappa shape index (κ3) is 4.89. The quantitative estimate of drug-likeness (QED) is 0.592. The predicted molar refractivity (Wildman–Crippen MR) is 114 cm³/mol. The Kier molecular flexibility index (Phi) is 6.16. The van der Waals surface area contributed by atoms with Crippen molar-refractivity contribution in [2.45, 2.75) is 38.6 Å². The van der Waals surface area contributed by atoms with Crippen LogP contribution in [0.5, 0.6) is 0 Å². The fourth-order valence-corrected chi connectivity index (χ4v) is 4.03. The maximum absolute atomic E-state index is 11.8. The van der Waals surface area contributed by atoms with Crippen molar-refractivity contribution in [2.75, 3.05) is 25.0 Å². The van der Waals surface area contributed by atoms with E-state index in [9.17, 15) is 4.79 Å². The highest BCUT2D eigenvalue weighted by Gasteiger charge is 2.22. The molecule has 1 saturated heterocycles. The summed E-state index contributed by atoms with van der Waals surface area (Å²) < 4.78 is 0. The maximum atomic E-state index is 11.8. The number of carbonyl (C=O) groups excluding carboxylic acids is 1. The lowest BCUT2D eigenvalue weighted by atomic mass is 9.91. The summed E-state index contributed by atoms with van der Waals surface area (Å²) in [6.45, 7) is 6.79. The van der Waals surface area contributed by atoms with Crippen LogP contribution in [0, 0.1) is 0 Å². The normalized spacial score (nSPS) is 15.3. The SMILES string of the molecule is CN=C(NCc1ccc(N2CCCC2=O)cc1)NCC(C)(C)c1cccs1. The first kappa shape index (κ1) is 19.4. The number of guanidine groups is 1. The van der Waals surface area contributed by atoms with Gasteiger partial charge in [0.2, 0.25) is 5.91 Å². The third-order valence-corrected chi connectivity index (χ3v) is 6.13. The standard InChI is InChI=1S/C21H28N4OS/c1-21(2,18-6-5-13-27-18)15-24-20(22-3)23-14-16-8-10-17(11-9-16)25-12-4-7-19(25)26/h5-6,8-11,13H,4,7,12,14-15H2,1-3H3,(H2,22,23,24). The predicted octanol–water partition coefficient (Wildman–Crippen LogP) is 3.52. The molecule has 1 fully saturated rings. The van der Waals surface area contributed by atoms with Crippen LogP contribution in [0.25, 0.3) is 0 Å². The molecule has 0 aliphatic carbocycles. The Morgan fingerprint density at radius 2 is 2.00 bits per heavy atom. The Bertz CT molecular complexity index is 781. The van der Waals surface area contributed by atoms with Crippen molar-refractivity contribution in [2.24, 2.45) is 4.99 Å². The van der Waals surface area contributed by atoms with Crippen molar-refractivity contribution in [3.05, 3.63) is 52.2 Å². The lowest BCUT2D eigenvalue weighted by molar-refractivity contribution is -0.117. The molecule has 0 spiro atoms. The largest absolute Gasteiger partial charge is 0.356 e. The summed E-state index contributed by atoms with van der Waals surface area (Å²) in [5.41, 5.74) is 2.20. The van der Waals surface area contributed by atoms with E-state index in [2.05, 4.69) is 59.1 Å². The van der Waals surface area contributed by atoms with Gasteiger partial charge in [0, 0.05) is 49.1 Å². The second kappa shape index (κ2) is 8.57. The van der Waals surface area contributed by atoms with Crippen LogP contribution in [0.2, 0.25) is 0 Å². The van der Waals surface area contributed by atoms with E-state index in [1.54, 1.807) is 18.4 Å². The maximum Gasteiger partial charge on any atom is 0.227 e. The molecular formula is C21H28N4OS. The minimum atomic E-state index is 0.0513. The summed E-state index contributed by atoms with van der Waals surface area (Å²) in [5, 5.41) is 8.90. The Morgan fingerprint density at radius 3 is 2.59 bits per heavy atom. The van der Waals surface area contributed by atoms with E-state index >= 15 is 0 Å². The van der Waals surface area contributed by atoms with Crippen molar-refractivity contribution in [3.8, 4) is 0 Å². The van der Waals surface area contributed by atoms with Gasteiger partial charge >= 0.3 is 0 Å². The monoisotopic (exact) mass is 384 g/mol. The lowest BCUT2D eigenvalue weighted by Gasteiger charge is -2.25. The lowest BCUT2D eigenvalue weighted by Crippen LogP contribution is -2.42. The van der Waals surface area contributed by atoms with Crippen LogP contribution in [-0.2, 0) is 16.8 Å². The molecule has 1 aromatic carbocycles. The van der Waals surface area contributed by atoms with Gasteiger partial charge in [0.1, 0.15) is 0 Å². The zero-order valence-corrected chi connectivity index (χ0v) is 17.1. The van der Waals surface area contributed by atoms with E-state index in [0.717, 1.165) is 36.7 Å². The van der Waals surface area contributed by atoms with Gasteiger partial charge in [0.05, 0.1) is 0 Å². The van der Waals surface area contributed by atoms with Crippen LogP contribution in [0.1, 0.15) is 37.1 Å². The van der Waals surface area contributed by atoms with Gasteiger partial charge in [-0.3, -0.25) is 9.79 Å². The van der Waals surface area contributed by atoms with Gasteiger partial charge in [-0.2, -0.15) is 0 Å². The van der Waals surface area contributed by atoms with E-state index in [4.69, 9.17) is 0 Å². The molecule has 0 saturated carbocycles. The first-order valence-electron chi connectivity index (χ1n) is 9.37. The molecule has 27 heavy (non-hydrogen) atoms. The van der Waals surface area contributed by atoms with Crippen LogP contribution in [-0.4, -0.2) is 32.0 Å². The molecule has 1 amide bonds. The molecule has 2 heterocycles. The van der Waals surface area contributed by atoms with Gasteiger partial charge in [0.15, 0.2) is 5.96 Å². The van der Waals surface area contributed by atoms with Gasteiger partial charge in [-0.15, -0.1) is 11.3 Å². The number of aliphatic imine (C=N–C) groups is 1. The number of hydrogen-bond donors (Lipinski definition) is 2. The highest BCUT2D eigenvalue weighted by molar-refractivity contribution is 7.10. The number of benzene rings is 1. The van der Waals surface area contributed by atoms with E-state index in [-0.39, 0.29) is 11.3 Å². The van der Waals surface area contributed by atoms with Crippen molar-refractivity contribution >= 4 is 28.9 Å². The molecule has 0 radical (unpaired) electrons. The van der Waals surface area contributed by atoms with Crippen LogP contribution < -0.4 is 15.5 Å². The number of nitrogens with one attached hydrogen (secondary N) is 2. The first-order valence-corrected chi connectivity index (χ1v) is 10.3. The molecular weight excluding hydrogens is 356 g/mol. The minimum Gasteiger partial charge on any atom is -0.356 e. The fourth-order valence-electron chi connectivity index (χ4n) is 3.18. The molecule has 0 atom stereocenters. The Labute approximate surface area is 165 Å². The molecule has 0 unspecified atom stereocenters. The summed E-state index contributed by atoms with van der Waals surface area (Å²) >= 11 is 1.78. The zero-order chi connectivity index (χ0) is 19.3. The zero-order valence-electron chi connectivity index (χ0n) is 16.3. The number of carbonyl (C=O) groups is 1. The fraction of sp³-hybridized carbons (Fsp3) is 0.429. The van der Waals surface area contributed by atoms with Crippen molar-refractivity contribution in [3.63, 3.8) is 0 Å². The molecule has 0 bridgehead atoms. The third-order valence-electron chi connectivity index (χ3n) is 4.89. The summed E-state index contributed by atoms with van der Waals surface area (Å²) in [5.74, 6) is 1.01. The molecule has 1 aromatic heterocycles. The summed E-state index contributed by atoms with van der Waals surface area (Å²) in [4.78, 5) is 19.4. The molecule has 3 rings (SSSR count).